The van der Waals surface area contributed by atoms with E-state index in [1.165, 1.54) is 29.2 Å². The van der Waals surface area contributed by atoms with Crippen LogP contribution in [0, 0.1) is 5.82 Å². The van der Waals surface area contributed by atoms with Crippen molar-refractivity contribution >= 4 is 5.97 Å². The third-order valence-electron chi connectivity index (χ3n) is 1.82. The number of aromatic carboxylic acids is 1. The highest BCUT2D eigenvalue weighted by Gasteiger charge is 2.11. The maximum absolute atomic E-state index is 12.6. The van der Waals surface area contributed by atoms with Crippen molar-refractivity contribution in [3.63, 3.8) is 0 Å². The SMILES string of the molecule is O=C(O)c1cncn1-c1ccc(F)cn1. The summed E-state index contributed by atoms with van der Waals surface area (Å²) in [6.07, 6.45) is 3.53. The van der Waals surface area contributed by atoms with E-state index in [1.807, 2.05) is 0 Å². The topological polar surface area (TPSA) is 68.0 Å². The zero-order chi connectivity index (χ0) is 10.8. The maximum atomic E-state index is 12.6. The third-order valence-corrected chi connectivity index (χ3v) is 1.82. The molecule has 0 saturated heterocycles. The summed E-state index contributed by atoms with van der Waals surface area (Å²) < 4.78 is 13.8. The highest BCUT2D eigenvalue weighted by molar-refractivity contribution is 5.86. The lowest BCUT2D eigenvalue weighted by atomic mass is 10.4. The summed E-state index contributed by atoms with van der Waals surface area (Å²) in [6.45, 7) is 0. The Labute approximate surface area is 83.8 Å². The molecular formula is C9H6FN3O2. The van der Waals surface area contributed by atoms with Crippen LogP contribution in [0.2, 0.25) is 0 Å². The van der Waals surface area contributed by atoms with E-state index < -0.39 is 11.8 Å². The van der Waals surface area contributed by atoms with Crippen LogP contribution in [-0.2, 0) is 0 Å². The fourth-order valence-corrected chi connectivity index (χ4v) is 1.15. The molecule has 2 aromatic rings. The number of hydrogen-bond acceptors (Lipinski definition) is 3. The van der Waals surface area contributed by atoms with Gasteiger partial charge in [0, 0.05) is 0 Å². The number of hydrogen-bond donors (Lipinski definition) is 1. The smallest absolute Gasteiger partial charge is 0.354 e. The molecule has 0 amide bonds. The molecule has 6 heteroatoms. The minimum absolute atomic E-state index is 0.0193. The van der Waals surface area contributed by atoms with Crippen molar-refractivity contribution in [3.8, 4) is 5.82 Å². The fourth-order valence-electron chi connectivity index (χ4n) is 1.15. The van der Waals surface area contributed by atoms with Crippen molar-refractivity contribution in [2.24, 2.45) is 0 Å². The number of carbonyl (C=O) groups is 1. The Kier molecular flexibility index (Phi) is 2.17. The summed E-state index contributed by atoms with van der Waals surface area (Å²) in [4.78, 5) is 18.2. The summed E-state index contributed by atoms with van der Waals surface area (Å²) in [7, 11) is 0. The predicted molar refractivity (Wildman–Crippen MR) is 48.3 cm³/mol. The Balaban J connectivity index is 2.49. The van der Waals surface area contributed by atoms with Gasteiger partial charge in [-0.2, -0.15) is 0 Å². The summed E-state index contributed by atoms with van der Waals surface area (Å²) >= 11 is 0. The lowest BCUT2D eigenvalue weighted by Gasteiger charge is -2.02. The predicted octanol–water partition coefficient (Wildman–Crippen LogP) is 1.10. The first-order chi connectivity index (χ1) is 7.18. The van der Waals surface area contributed by atoms with E-state index in [0.29, 0.717) is 5.82 Å². The van der Waals surface area contributed by atoms with Crippen molar-refractivity contribution in [3.05, 3.63) is 42.4 Å². The summed E-state index contributed by atoms with van der Waals surface area (Å²) in [5, 5.41) is 8.81. The Hall–Kier alpha value is -2.24. The molecule has 76 valence electrons. The van der Waals surface area contributed by atoms with Crippen LogP contribution in [0.5, 0.6) is 0 Å². The second-order valence-corrected chi connectivity index (χ2v) is 2.79. The van der Waals surface area contributed by atoms with Crippen LogP contribution in [0.25, 0.3) is 5.82 Å². The number of pyridine rings is 1. The van der Waals surface area contributed by atoms with E-state index in [2.05, 4.69) is 9.97 Å². The van der Waals surface area contributed by atoms with Gasteiger partial charge < -0.3 is 5.11 Å². The monoisotopic (exact) mass is 207 g/mol. The number of imidazole rings is 1. The molecule has 0 aliphatic carbocycles. The van der Waals surface area contributed by atoms with Gasteiger partial charge >= 0.3 is 5.97 Å². The van der Waals surface area contributed by atoms with Crippen LogP contribution in [0.4, 0.5) is 4.39 Å². The number of carboxylic acids is 1. The molecule has 0 spiro atoms. The minimum atomic E-state index is -1.11. The lowest BCUT2D eigenvalue weighted by Crippen LogP contribution is -2.06. The van der Waals surface area contributed by atoms with Gasteiger partial charge in [0.1, 0.15) is 18.0 Å². The molecule has 0 bridgehead atoms. The first-order valence-corrected chi connectivity index (χ1v) is 4.06. The molecule has 0 atom stereocenters. The van der Waals surface area contributed by atoms with E-state index in [-0.39, 0.29) is 5.69 Å². The molecule has 2 aromatic heterocycles. The molecule has 0 saturated carbocycles. The van der Waals surface area contributed by atoms with E-state index in [9.17, 15) is 9.18 Å². The van der Waals surface area contributed by atoms with Gasteiger partial charge in [-0.15, -0.1) is 0 Å². The number of halogens is 1. The summed E-state index contributed by atoms with van der Waals surface area (Å²) in [5.41, 5.74) is -0.0193. The second-order valence-electron chi connectivity index (χ2n) is 2.79. The molecule has 2 heterocycles. The first-order valence-electron chi connectivity index (χ1n) is 4.06. The van der Waals surface area contributed by atoms with E-state index in [4.69, 9.17) is 5.11 Å². The molecule has 0 unspecified atom stereocenters. The second kappa shape index (κ2) is 3.49. The Morgan fingerprint density at radius 1 is 1.40 bits per heavy atom. The fraction of sp³-hybridized carbons (Fsp3) is 0. The molecule has 5 nitrogen and oxygen atoms in total. The summed E-state index contributed by atoms with van der Waals surface area (Å²) in [5.74, 6) is -1.28. The average Bonchev–Trinajstić information content (AvgIpc) is 2.67. The van der Waals surface area contributed by atoms with E-state index in [0.717, 1.165) is 6.20 Å². The van der Waals surface area contributed by atoms with Crippen LogP contribution in [0.1, 0.15) is 10.5 Å². The Morgan fingerprint density at radius 3 is 2.80 bits per heavy atom. The first kappa shape index (κ1) is 9.32. The Morgan fingerprint density at radius 2 is 2.20 bits per heavy atom. The van der Waals surface area contributed by atoms with Gasteiger partial charge in [-0.3, -0.25) is 4.57 Å². The van der Waals surface area contributed by atoms with Crippen molar-refractivity contribution in [2.45, 2.75) is 0 Å². The van der Waals surface area contributed by atoms with Gasteiger partial charge in [-0.05, 0) is 12.1 Å². The molecule has 0 fully saturated rings. The van der Waals surface area contributed by atoms with Crippen LogP contribution < -0.4 is 0 Å². The zero-order valence-corrected chi connectivity index (χ0v) is 7.46. The quantitative estimate of drug-likeness (QED) is 0.800. The van der Waals surface area contributed by atoms with Crippen molar-refractivity contribution in [1.82, 2.24) is 14.5 Å². The molecule has 0 aliphatic rings. The van der Waals surface area contributed by atoms with Gasteiger partial charge in [0.05, 0.1) is 12.4 Å². The van der Waals surface area contributed by atoms with Crippen molar-refractivity contribution in [1.29, 1.82) is 0 Å². The van der Waals surface area contributed by atoms with Crippen molar-refractivity contribution in [2.75, 3.05) is 0 Å². The number of nitrogens with zero attached hydrogens (tertiary/aromatic N) is 3. The van der Waals surface area contributed by atoms with E-state index >= 15 is 0 Å². The molecule has 1 N–H and O–H groups in total. The highest BCUT2D eigenvalue weighted by Crippen LogP contribution is 2.08. The molecule has 0 radical (unpaired) electrons. The van der Waals surface area contributed by atoms with Crippen molar-refractivity contribution < 1.29 is 14.3 Å². The van der Waals surface area contributed by atoms with Gasteiger partial charge in [0.15, 0.2) is 5.69 Å². The largest absolute Gasteiger partial charge is 0.477 e. The normalized spacial score (nSPS) is 10.2. The van der Waals surface area contributed by atoms with Crippen LogP contribution in [-0.4, -0.2) is 25.6 Å². The Bertz CT molecular complexity index is 492. The number of rotatable bonds is 2. The average molecular weight is 207 g/mol. The van der Waals surface area contributed by atoms with Gasteiger partial charge in [0.25, 0.3) is 0 Å². The minimum Gasteiger partial charge on any atom is -0.477 e. The molecular weight excluding hydrogens is 201 g/mol. The van der Waals surface area contributed by atoms with Gasteiger partial charge in [-0.1, -0.05) is 0 Å². The third kappa shape index (κ3) is 1.69. The molecule has 2 rings (SSSR count). The highest BCUT2D eigenvalue weighted by atomic mass is 19.1. The summed E-state index contributed by atoms with van der Waals surface area (Å²) in [6, 6.07) is 2.58. The standard InChI is InChI=1S/C9H6FN3O2/c10-6-1-2-8(12-3-6)13-5-11-4-7(13)9(14)15/h1-5H,(H,14,15). The number of aromatic nitrogens is 3. The molecule has 0 aliphatic heterocycles. The molecule has 0 aromatic carbocycles. The van der Waals surface area contributed by atoms with Gasteiger partial charge in [-0.25, -0.2) is 19.2 Å². The van der Waals surface area contributed by atoms with Crippen LogP contribution >= 0.6 is 0 Å². The van der Waals surface area contributed by atoms with Crippen LogP contribution in [0.3, 0.4) is 0 Å². The number of carboxylic acid groups (broad SMARTS) is 1. The zero-order valence-electron chi connectivity index (χ0n) is 7.46. The van der Waals surface area contributed by atoms with E-state index in [1.54, 1.807) is 0 Å². The van der Waals surface area contributed by atoms with Crippen LogP contribution in [0.15, 0.2) is 30.9 Å². The lowest BCUT2D eigenvalue weighted by molar-refractivity contribution is 0.0688. The molecule has 15 heavy (non-hydrogen) atoms. The van der Waals surface area contributed by atoms with Gasteiger partial charge in [0.2, 0.25) is 0 Å². The maximum Gasteiger partial charge on any atom is 0.354 e.